The van der Waals surface area contributed by atoms with Crippen LogP contribution < -0.4 is 0 Å². The van der Waals surface area contributed by atoms with E-state index in [1.54, 1.807) is 0 Å². The molecule has 188 valence electrons. The number of aryl methyl sites for hydroxylation is 1. The van der Waals surface area contributed by atoms with Gasteiger partial charge in [-0.15, -0.1) is 0 Å². The number of para-hydroxylation sites is 4. The van der Waals surface area contributed by atoms with Gasteiger partial charge in [0.25, 0.3) is 0 Å². The third kappa shape index (κ3) is 2.84. The van der Waals surface area contributed by atoms with Crippen LogP contribution in [0.15, 0.2) is 130 Å². The molecule has 40 heavy (non-hydrogen) atoms. The third-order valence-corrected chi connectivity index (χ3v) is 8.32. The molecule has 3 nitrogen and oxygen atoms in total. The highest BCUT2D eigenvalue weighted by molar-refractivity contribution is 6.17. The average Bonchev–Trinajstić information content (AvgIpc) is 3.67. The van der Waals surface area contributed by atoms with E-state index in [1.165, 1.54) is 27.4 Å². The maximum absolute atomic E-state index is 6.64. The van der Waals surface area contributed by atoms with E-state index in [1.807, 2.05) is 12.1 Å². The van der Waals surface area contributed by atoms with Gasteiger partial charge in [-0.1, -0.05) is 84.9 Å². The van der Waals surface area contributed by atoms with Gasteiger partial charge in [0.1, 0.15) is 22.3 Å². The molecular formula is C37H23NO2. The van der Waals surface area contributed by atoms with Gasteiger partial charge >= 0.3 is 0 Å². The molecule has 0 saturated heterocycles. The van der Waals surface area contributed by atoms with Crippen LogP contribution in [0.1, 0.15) is 5.56 Å². The van der Waals surface area contributed by atoms with E-state index in [2.05, 4.69) is 121 Å². The zero-order chi connectivity index (χ0) is 26.4. The fraction of sp³-hybridized carbons (Fsp3) is 0.0270. The summed E-state index contributed by atoms with van der Waals surface area (Å²) in [6.07, 6.45) is 0. The summed E-state index contributed by atoms with van der Waals surface area (Å²) in [5.41, 5.74) is 10.2. The standard InChI is InChI=1S/C37H23NO2/c1-22-10-8-19-34-35(22)30-21-23(38-31-16-5-2-11-24(31)25-12-3-6-17-32(25)38)20-29(37(30)40-34)28-15-9-14-27-26-13-4-7-18-33(26)39-36(27)28/h2-21H,1H3. The van der Waals surface area contributed by atoms with Crippen LogP contribution in [0.5, 0.6) is 0 Å². The molecule has 0 spiro atoms. The Hall–Kier alpha value is -5.28. The van der Waals surface area contributed by atoms with Gasteiger partial charge in [-0.05, 0) is 48.9 Å². The average molecular weight is 514 g/mol. The fourth-order valence-electron chi connectivity index (χ4n) is 6.58. The number of hydrogen-bond acceptors (Lipinski definition) is 2. The van der Waals surface area contributed by atoms with E-state index in [4.69, 9.17) is 8.83 Å². The highest BCUT2D eigenvalue weighted by Crippen LogP contribution is 2.44. The zero-order valence-corrected chi connectivity index (χ0v) is 21.8. The molecule has 0 unspecified atom stereocenters. The van der Waals surface area contributed by atoms with Crippen LogP contribution in [0.25, 0.3) is 82.5 Å². The normalized spacial score (nSPS) is 12.1. The van der Waals surface area contributed by atoms with Crippen molar-refractivity contribution in [2.45, 2.75) is 6.92 Å². The van der Waals surface area contributed by atoms with Crippen molar-refractivity contribution in [2.24, 2.45) is 0 Å². The van der Waals surface area contributed by atoms with Crippen molar-refractivity contribution in [1.29, 1.82) is 0 Å². The molecule has 0 aliphatic carbocycles. The predicted octanol–water partition coefficient (Wildman–Crippen LogP) is 10.6. The molecule has 0 aliphatic heterocycles. The minimum Gasteiger partial charge on any atom is -0.455 e. The molecule has 6 aromatic carbocycles. The Balaban J connectivity index is 1.47. The predicted molar refractivity (Wildman–Crippen MR) is 166 cm³/mol. The zero-order valence-electron chi connectivity index (χ0n) is 21.8. The highest BCUT2D eigenvalue weighted by Gasteiger charge is 2.21. The summed E-state index contributed by atoms with van der Waals surface area (Å²) < 4.78 is 15.5. The Morgan fingerprint density at radius 2 is 1.07 bits per heavy atom. The van der Waals surface area contributed by atoms with Crippen molar-refractivity contribution >= 4 is 65.7 Å². The number of hydrogen-bond donors (Lipinski definition) is 0. The lowest BCUT2D eigenvalue weighted by Crippen LogP contribution is -1.95. The Kier molecular flexibility index (Phi) is 4.26. The Bertz CT molecular complexity index is 2400. The van der Waals surface area contributed by atoms with E-state index >= 15 is 0 Å². The molecule has 0 atom stereocenters. The molecular weight excluding hydrogens is 490 g/mol. The minimum absolute atomic E-state index is 0.876. The van der Waals surface area contributed by atoms with E-state index in [-0.39, 0.29) is 0 Å². The summed E-state index contributed by atoms with van der Waals surface area (Å²) >= 11 is 0. The number of rotatable bonds is 2. The van der Waals surface area contributed by atoms with Gasteiger partial charge in [-0.25, -0.2) is 0 Å². The van der Waals surface area contributed by atoms with Gasteiger partial charge in [0, 0.05) is 49.1 Å². The fourth-order valence-corrected chi connectivity index (χ4v) is 6.58. The first kappa shape index (κ1) is 21.6. The smallest absolute Gasteiger partial charge is 0.143 e. The number of aromatic nitrogens is 1. The summed E-state index contributed by atoms with van der Waals surface area (Å²) in [6, 6.07) is 42.8. The lowest BCUT2D eigenvalue weighted by molar-refractivity contribution is 0.665. The van der Waals surface area contributed by atoms with Crippen molar-refractivity contribution in [3.05, 3.63) is 127 Å². The molecule has 3 heteroatoms. The number of nitrogens with zero attached hydrogens (tertiary/aromatic N) is 1. The van der Waals surface area contributed by atoms with Gasteiger partial charge in [0.05, 0.1) is 11.0 Å². The molecule has 0 N–H and O–H groups in total. The monoisotopic (exact) mass is 513 g/mol. The minimum atomic E-state index is 0.876. The molecule has 0 bridgehead atoms. The first-order chi connectivity index (χ1) is 19.8. The first-order valence-corrected chi connectivity index (χ1v) is 13.6. The lowest BCUT2D eigenvalue weighted by Gasteiger charge is -2.12. The topological polar surface area (TPSA) is 31.2 Å². The highest BCUT2D eigenvalue weighted by atomic mass is 16.3. The Labute approximate surface area is 229 Å². The molecule has 0 saturated carbocycles. The number of benzene rings is 6. The van der Waals surface area contributed by atoms with Crippen LogP contribution in [0, 0.1) is 6.92 Å². The summed E-state index contributed by atoms with van der Waals surface area (Å²) in [6.45, 7) is 2.16. The van der Waals surface area contributed by atoms with Crippen LogP contribution in [-0.2, 0) is 0 Å². The first-order valence-electron chi connectivity index (χ1n) is 13.6. The van der Waals surface area contributed by atoms with Crippen LogP contribution in [-0.4, -0.2) is 4.57 Å². The molecule has 0 amide bonds. The van der Waals surface area contributed by atoms with Gasteiger partial charge in [-0.2, -0.15) is 0 Å². The van der Waals surface area contributed by atoms with Gasteiger partial charge < -0.3 is 13.4 Å². The Morgan fingerprint density at radius 3 is 1.88 bits per heavy atom. The van der Waals surface area contributed by atoms with Crippen molar-refractivity contribution < 1.29 is 8.83 Å². The number of furan rings is 2. The maximum Gasteiger partial charge on any atom is 0.143 e. The number of fused-ring (bicyclic) bond motifs is 9. The summed E-state index contributed by atoms with van der Waals surface area (Å²) in [5.74, 6) is 0. The van der Waals surface area contributed by atoms with E-state index < -0.39 is 0 Å². The van der Waals surface area contributed by atoms with Crippen LogP contribution >= 0.6 is 0 Å². The summed E-state index contributed by atoms with van der Waals surface area (Å²) in [5, 5.41) is 6.97. The van der Waals surface area contributed by atoms with Crippen LogP contribution in [0.4, 0.5) is 0 Å². The molecule has 9 aromatic rings. The van der Waals surface area contributed by atoms with E-state index in [0.717, 1.165) is 60.7 Å². The lowest BCUT2D eigenvalue weighted by atomic mass is 9.98. The maximum atomic E-state index is 6.64. The SMILES string of the molecule is Cc1cccc2oc3c(-c4cccc5c4oc4ccccc45)cc(-n4c5ccccc5c5ccccc54)cc3c12. The van der Waals surface area contributed by atoms with E-state index in [9.17, 15) is 0 Å². The molecule has 3 aromatic heterocycles. The second-order valence-corrected chi connectivity index (χ2v) is 10.6. The van der Waals surface area contributed by atoms with Gasteiger partial charge in [-0.3, -0.25) is 0 Å². The Morgan fingerprint density at radius 1 is 0.475 bits per heavy atom. The van der Waals surface area contributed by atoms with Crippen molar-refractivity contribution in [1.82, 2.24) is 4.57 Å². The molecule has 0 radical (unpaired) electrons. The van der Waals surface area contributed by atoms with Crippen molar-refractivity contribution in [2.75, 3.05) is 0 Å². The summed E-state index contributed by atoms with van der Waals surface area (Å²) in [4.78, 5) is 0. The molecule has 0 aliphatic rings. The molecule has 9 rings (SSSR count). The summed E-state index contributed by atoms with van der Waals surface area (Å²) in [7, 11) is 0. The van der Waals surface area contributed by atoms with Crippen LogP contribution in [0.3, 0.4) is 0 Å². The second-order valence-electron chi connectivity index (χ2n) is 10.6. The van der Waals surface area contributed by atoms with Gasteiger partial charge in [0.15, 0.2) is 0 Å². The van der Waals surface area contributed by atoms with E-state index in [0.29, 0.717) is 0 Å². The van der Waals surface area contributed by atoms with Crippen LogP contribution in [0.2, 0.25) is 0 Å². The molecule has 3 heterocycles. The van der Waals surface area contributed by atoms with Crippen molar-refractivity contribution in [3.8, 4) is 16.8 Å². The molecule has 0 fully saturated rings. The second kappa shape index (κ2) is 7.87. The quantitative estimate of drug-likeness (QED) is 0.230. The van der Waals surface area contributed by atoms with Gasteiger partial charge in [0.2, 0.25) is 0 Å². The van der Waals surface area contributed by atoms with Crippen molar-refractivity contribution in [3.63, 3.8) is 0 Å². The largest absolute Gasteiger partial charge is 0.455 e. The third-order valence-electron chi connectivity index (χ3n) is 8.32.